The standard InChI is InChI=1S/C12H10O4S2/c13-11(9-3-1-7-17-9)15-5-6-16-12(14)10-4-2-8-18-10/h1-4,7-8H,5-6H2. The fourth-order valence-electron chi connectivity index (χ4n) is 1.20. The van der Waals surface area contributed by atoms with Crippen molar-refractivity contribution in [2.45, 2.75) is 0 Å². The molecule has 0 atom stereocenters. The summed E-state index contributed by atoms with van der Waals surface area (Å²) in [6.07, 6.45) is 0. The second-order valence-electron chi connectivity index (χ2n) is 3.23. The van der Waals surface area contributed by atoms with E-state index >= 15 is 0 Å². The van der Waals surface area contributed by atoms with Gasteiger partial charge in [-0.15, -0.1) is 22.7 Å². The lowest BCUT2D eigenvalue weighted by atomic mass is 10.5. The van der Waals surface area contributed by atoms with Gasteiger partial charge in [0.2, 0.25) is 0 Å². The molecule has 4 nitrogen and oxygen atoms in total. The molecule has 0 saturated heterocycles. The van der Waals surface area contributed by atoms with Gasteiger partial charge in [-0.2, -0.15) is 0 Å². The van der Waals surface area contributed by atoms with Crippen LogP contribution in [0.4, 0.5) is 0 Å². The molecule has 2 rings (SSSR count). The fourth-order valence-corrected chi connectivity index (χ4v) is 2.43. The number of hydrogen-bond donors (Lipinski definition) is 0. The minimum absolute atomic E-state index is 0.0633. The summed E-state index contributed by atoms with van der Waals surface area (Å²) < 4.78 is 9.90. The predicted octanol–water partition coefficient (Wildman–Crippen LogP) is 2.82. The van der Waals surface area contributed by atoms with Gasteiger partial charge < -0.3 is 9.47 Å². The maximum atomic E-state index is 11.4. The lowest BCUT2D eigenvalue weighted by Crippen LogP contribution is -2.12. The molecular formula is C12H10O4S2. The van der Waals surface area contributed by atoms with Crippen LogP contribution in [0.15, 0.2) is 35.0 Å². The monoisotopic (exact) mass is 282 g/mol. The summed E-state index contributed by atoms with van der Waals surface area (Å²) >= 11 is 2.63. The molecule has 94 valence electrons. The Bertz CT molecular complexity index is 454. The zero-order valence-corrected chi connectivity index (χ0v) is 11.0. The Kier molecular flexibility index (Phi) is 4.49. The maximum absolute atomic E-state index is 11.4. The van der Waals surface area contributed by atoms with Crippen LogP contribution < -0.4 is 0 Å². The normalized spacial score (nSPS) is 10.0. The first-order chi connectivity index (χ1) is 8.77. The number of hydrogen-bond acceptors (Lipinski definition) is 6. The summed E-state index contributed by atoms with van der Waals surface area (Å²) in [6, 6.07) is 6.92. The molecule has 0 amide bonds. The highest BCUT2D eigenvalue weighted by Crippen LogP contribution is 2.11. The Balaban J connectivity index is 1.67. The van der Waals surface area contributed by atoms with E-state index in [4.69, 9.17) is 9.47 Å². The van der Waals surface area contributed by atoms with Gasteiger partial charge in [-0.3, -0.25) is 0 Å². The van der Waals surface area contributed by atoms with Crippen molar-refractivity contribution in [2.24, 2.45) is 0 Å². The van der Waals surface area contributed by atoms with E-state index in [2.05, 4.69) is 0 Å². The number of thiophene rings is 2. The molecule has 2 heterocycles. The van der Waals surface area contributed by atoms with Crippen molar-refractivity contribution >= 4 is 34.6 Å². The molecule has 18 heavy (non-hydrogen) atoms. The largest absolute Gasteiger partial charge is 0.458 e. The second kappa shape index (κ2) is 6.32. The second-order valence-corrected chi connectivity index (χ2v) is 5.12. The van der Waals surface area contributed by atoms with Crippen LogP contribution >= 0.6 is 22.7 Å². The maximum Gasteiger partial charge on any atom is 0.348 e. The van der Waals surface area contributed by atoms with Crippen molar-refractivity contribution in [3.63, 3.8) is 0 Å². The Morgan fingerprint density at radius 2 is 1.33 bits per heavy atom. The Labute approximate surface area is 112 Å². The topological polar surface area (TPSA) is 52.6 Å². The molecule has 0 aliphatic carbocycles. The minimum Gasteiger partial charge on any atom is -0.458 e. The summed E-state index contributed by atoms with van der Waals surface area (Å²) in [4.78, 5) is 23.9. The van der Waals surface area contributed by atoms with Crippen LogP contribution in [-0.4, -0.2) is 25.2 Å². The van der Waals surface area contributed by atoms with E-state index in [0.29, 0.717) is 9.75 Å². The summed E-state index contributed by atoms with van der Waals surface area (Å²) in [7, 11) is 0. The molecule has 0 saturated carbocycles. The molecule has 2 aromatic heterocycles. The van der Waals surface area contributed by atoms with Crippen molar-refractivity contribution < 1.29 is 19.1 Å². The van der Waals surface area contributed by atoms with E-state index in [0.717, 1.165) is 0 Å². The average Bonchev–Trinajstić information content (AvgIpc) is 3.05. The third-order valence-corrected chi connectivity index (χ3v) is 3.69. The smallest absolute Gasteiger partial charge is 0.348 e. The van der Waals surface area contributed by atoms with Crippen LogP contribution in [0.3, 0.4) is 0 Å². The number of ether oxygens (including phenoxy) is 2. The highest BCUT2D eigenvalue weighted by Gasteiger charge is 2.10. The van der Waals surface area contributed by atoms with Crippen LogP contribution in [0.5, 0.6) is 0 Å². The zero-order valence-electron chi connectivity index (χ0n) is 9.33. The van der Waals surface area contributed by atoms with Gasteiger partial charge in [0.05, 0.1) is 0 Å². The van der Waals surface area contributed by atoms with E-state index in [1.807, 2.05) is 0 Å². The van der Waals surface area contributed by atoms with Crippen LogP contribution in [0, 0.1) is 0 Å². The minimum atomic E-state index is -0.392. The first-order valence-electron chi connectivity index (χ1n) is 5.18. The van der Waals surface area contributed by atoms with Crippen LogP contribution in [0.1, 0.15) is 19.3 Å². The van der Waals surface area contributed by atoms with Crippen molar-refractivity contribution in [1.82, 2.24) is 0 Å². The Morgan fingerprint density at radius 3 is 1.67 bits per heavy atom. The molecule has 0 spiro atoms. The zero-order chi connectivity index (χ0) is 12.8. The lowest BCUT2D eigenvalue weighted by Gasteiger charge is -2.04. The number of esters is 2. The molecule has 0 N–H and O–H groups in total. The van der Waals surface area contributed by atoms with E-state index < -0.39 is 11.9 Å². The van der Waals surface area contributed by atoms with Gasteiger partial charge in [0, 0.05) is 0 Å². The molecule has 0 aliphatic heterocycles. The quantitative estimate of drug-likeness (QED) is 0.625. The summed E-state index contributed by atoms with van der Waals surface area (Å²) in [5.41, 5.74) is 0. The highest BCUT2D eigenvalue weighted by atomic mass is 32.1. The summed E-state index contributed by atoms with van der Waals surface area (Å²) in [5, 5.41) is 3.60. The fraction of sp³-hybridized carbons (Fsp3) is 0.167. The molecule has 2 aromatic rings. The van der Waals surface area contributed by atoms with Crippen LogP contribution in [-0.2, 0) is 9.47 Å². The Morgan fingerprint density at radius 1 is 0.889 bits per heavy atom. The van der Waals surface area contributed by atoms with Gasteiger partial charge in [0.1, 0.15) is 23.0 Å². The van der Waals surface area contributed by atoms with Gasteiger partial charge in [-0.05, 0) is 22.9 Å². The first kappa shape index (κ1) is 12.8. The van der Waals surface area contributed by atoms with Gasteiger partial charge in [0.25, 0.3) is 0 Å². The third-order valence-electron chi connectivity index (χ3n) is 1.99. The number of carbonyl (C=O) groups excluding carboxylic acids is 2. The van der Waals surface area contributed by atoms with Crippen molar-refractivity contribution in [3.8, 4) is 0 Å². The first-order valence-corrected chi connectivity index (χ1v) is 6.94. The summed E-state index contributed by atoms with van der Waals surface area (Å²) in [5.74, 6) is -0.783. The highest BCUT2D eigenvalue weighted by molar-refractivity contribution is 7.12. The van der Waals surface area contributed by atoms with Gasteiger partial charge in [-0.1, -0.05) is 12.1 Å². The van der Waals surface area contributed by atoms with Gasteiger partial charge in [0.15, 0.2) is 0 Å². The lowest BCUT2D eigenvalue weighted by molar-refractivity contribution is 0.0271. The van der Waals surface area contributed by atoms with Crippen molar-refractivity contribution in [2.75, 3.05) is 13.2 Å². The molecule has 0 radical (unpaired) electrons. The van der Waals surface area contributed by atoms with Gasteiger partial charge in [-0.25, -0.2) is 9.59 Å². The van der Waals surface area contributed by atoms with Crippen molar-refractivity contribution in [3.05, 3.63) is 44.8 Å². The average molecular weight is 282 g/mol. The molecule has 0 fully saturated rings. The molecular weight excluding hydrogens is 272 g/mol. The van der Waals surface area contributed by atoms with E-state index in [-0.39, 0.29) is 13.2 Å². The summed E-state index contributed by atoms with van der Waals surface area (Å²) in [6.45, 7) is 0.127. The predicted molar refractivity (Wildman–Crippen MR) is 69.2 cm³/mol. The van der Waals surface area contributed by atoms with E-state index in [1.54, 1.807) is 35.0 Å². The van der Waals surface area contributed by atoms with Gasteiger partial charge >= 0.3 is 11.9 Å². The van der Waals surface area contributed by atoms with Crippen molar-refractivity contribution in [1.29, 1.82) is 0 Å². The molecule has 0 unspecified atom stereocenters. The number of carbonyl (C=O) groups is 2. The number of rotatable bonds is 5. The van der Waals surface area contributed by atoms with Crippen LogP contribution in [0.25, 0.3) is 0 Å². The Hall–Kier alpha value is -1.66. The van der Waals surface area contributed by atoms with Crippen LogP contribution in [0.2, 0.25) is 0 Å². The molecule has 6 heteroatoms. The molecule has 0 aromatic carbocycles. The van der Waals surface area contributed by atoms with E-state index in [9.17, 15) is 9.59 Å². The third kappa shape index (κ3) is 3.41. The van der Waals surface area contributed by atoms with E-state index in [1.165, 1.54) is 22.7 Å². The molecule has 0 bridgehead atoms. The molecule has 0 aliphatic rings. The SMILES string of the molecule is O=C(OCCOC(=O)c1cccs1)c1cccs1.